The van der Waals surface area contributed by atoms with Gasteiger partial charge in [0.2, 0.25) is 0 Å². The van der Waals surface area contributed by atoms with Crippen LogP contribution in [0.2, 0.25) is 0 Å². The molecular formula is C12H13IO2. The third-order valence-electron chi connectivity index (χ3n) is 1.81. The van der Waals surface area contributed by atoms with Gasteiger partial charge in [-0.3, -0.25) is 4.79 Å². The lowest BCUT2D eigenvalue weighted by atomic mass is 10.2. The van der Waals surface area contributed by atoms with E-state index in [9.17, 15) is 4.79 Å². The van der Waals surface area contributed by atoms with Gasteiger partial charge in [-0.2, -0.15) is 0 Å². The van der Waals surface area contributed by atoms with Crippen molar-refractivity contribution in [1.82, 2.24) is 0 Å². The zero-order chi connectivity index (χ0) is 11.1. The molecule has 0 unspecified atom stereocenters. The molecule has 3 heteroatoms. The summed E-state index contributed by atoms with van der Waals surface area (Å²) in [6.07, 6.45) is 4.21. The molecule has 0 aliphatic heterocycles. The van der Waals surface area contributed by atoms with Crippen LogP contribution in [-0.2, 0) is 9.53 Å². The van der Waals surface area contributed by atoms with Crippen molar-refractivity contribution >= 4 is 34.6 Å². The summed E-state index contributed by atoms with van der Waals surface area (Å²) < 4.78 is 6.12. The van der Waals surface area contributed by atoms with Crippen molar-refractivity contribution in [3.63, 3.8) is 0 Å². The number of hydrogen-bond acceptors (Lipinski definition) is 2. The normalized spacial score (nSPS) is 10.5. The molecule has 0 saturated carbocycles. The number of carbonyl (C=O) groups is 1. The first-order valence-corrected chi connectivity index (χ1v) is 5.88. The van der Waals surface area contributed by atoms with Gasteiger partial charge in [0, 0.05) is 9.99 Å². The van der Waals surface area contributed by atoms with Crippen LogP contribution >= 0.6 is 22.6 Å². The van der Waals surface area contributed by atoms with Gasteiger partial charge >= 0.3 is 5.97 Å². The standard InChI is InChI=1S/C12H13IO2/c1-2-12(14)15-9-3-4-10-5-7-11(13)8-6-10/h3-8H,2,9H2,1H3/b4-3+. The topological polar surface area (TPSA) is 26.3 Å². The second-order valence-electron chi connectivity index (χ2n) is 2.99. The minimum absolute atomic E-state index is 0.165. The Bertz CT molecular complexity index is 341. The largest absolute Gasteiger partial charge is 0.461 e. The van der Waals surface area contributed by atoms with Crippen LogP contribution in [0, 0.1) is 3.57 Å². The lowest BCUT2D eigenvalue weighted by Gasteiger charge is -1.97. The average Bonchev–Trinajstić information content (AvgIpc) is 2.26. The minimum Gasteiger partial charge on any atom is -0.461 e. The molecule has 0 aromatic heterocycles. The molecule has 0 heterocycles. The smallest absolute Gasteiger partial charge is 0.305 e. The highest BCUT2D eigenvalue weighted by Crippen LogP contribution is 2.07. The van der Waals surface area contributed by atoms with Crippen LogP contribution < -0.4 is 0 Å². The molecular weight excluding hydrogens is 303 g/mol. The SMILES string of the molecule is CCC(=O)OC/C=C/c1ccc(I)cc1. The van der Waals surface area contributed by atoms with Gasteiger partial charge < -0.3 is 4.74 Å². The Balaban J connectivity index is 2.38. The Labute approximate surface area is 103 Å². The second-order valence-corrected chi connectivity index (χ2v) is 4.24. The predicted octanol–water partition coefficient (Wildman–Crippen LogP) is 3.26. The van der Waals surface area contributed by atoms with Crippen LogP contribution in [0.15, 0.2) is 30.3 Å². The van der Waals surface area contributed by atoms with Crippen LogP contribution in [-0.4, -0.2) is 12.6 Å². The fourth-order valence-corrected chi connectivity index (χ4v) is 1.36. The quantitative estimate of drug-likeness (QED) is 0.629. The maximum atomic E-state index is 10.8. The predicted molar refractivity (Wildman–Crippen MR) is 69.4 cm³/mol. The molecule has 2 nitrogen and oxygen atoms in total. The number of carbonyl (C=O) groups excluding carboxylic acids is 1. The summed E-state index contributed by atoms with van der Waals surface area (Å²) in [5, 5.41) is 0. The molecule has 0 fully saturated rings. The molecule has 0 saturated heterocycles. The maximum Gasteiger partial charge on any atom is 0.305 e. The van der Waals surface area contributed by atoms with Crippen molar-refractivity contribution < 1.29 is 9.53 Å². The fourth-order valence-electron chi connectivity index (χ4n) is 1.00. The molecule has 15 heavy (non-hydrogen) atoms. The van der Waals surface area contributed by atoms with Crippen molar-refractivity contribution in [3.05, 3.63) is 39.5 Å². The van der Waals surface area contributed by atoms with Crippen molar-refractivity contribution in [2.45, 2.75) is 13.3 Å². The van der Waals surface area contributed by atoms with E-state index in [4.69, 9.17) is 4.74 Å². The van der Waals surface area contributed by atoms with E-state index >= 15 is 0 Å². The maximum absolute atomic E-state index is 10.8. The van der Waals surface area contributed by atoms with E-state index in [0.29, 0.717) is 13.0 Å². The summed E-state index contributed by atoms with van der Waals surface area (Å²) in [7, 11) is 0. The molecule has 1 aromatic rings. The van der Waals surface area contributed by atoms with Crippen LogP contribution in [0.5, 0.6) is 0 Å². The number of halogens is 1. The monoisotopic (exact) mass is 316 g/mol. The summed E-state index contributed by atoms with van der Waals surface area (Å²) >= 11 is 2.26. The second kappa shape index (κ2) is 6.61. The zero-order valence-electron chi connectivity index (χ0n) is 8.57. The Morgan fingerprint density at radius 1 is 1.40 bits per heavy atom. The Kier molecular flexibility index (Phi) is 5.39. The van der Waals surface area contributed by atoms with Crippen LogP contribution in [0.3, 0.4) is 0 Å². The minimum atomic E-state index is -0.165. The van der Waals surface area contributed by atoms with Gasteiger partial charge in [0.25, 0.3) is 0 Å². The summed E-state index contributed by atoms with van der Waals surface area (Å²) in [6, 6.07) is 8.14. The molecule has 1 aromatic carbocycles. The van der Waals surface area contributed by atoms with E-state index in [1.165, 1.54) is 3.57 Å². The van der Waals surface area contributed by atoms with Crippen molar-refractivity contribution in [2.75, 3.05) is 6.61 Å². The van der Waals surface area contributed by atoms with Gasteiger partial charge in [0.05, 0.1) is 0 Å². The lowest BCUT2D eigenvalue weighted by Crippen LogP contribution is -2.01. The van der Waals surface area contributed by atoms with Crippen molar-refractivity contribution in [2.24, 2.45) is 0 Å². The highest BCUT2D eigenvalue weighted by molar-refractivity contribution is 14.1. The Hall–Kier alpha value is -0.840. The van der Waals surface area contributed by atoms with E-state index in [1.54, 1.807) is 6.92 Å². The highest BCUT2D eigenvalue weighted by Gasteiger charge is 1.94. The Morgan fingerprint density at radius 3 is 2.67 bits per heavy atom. The molecule has 80 valence electrons. The van der Waals surface area contributed by atoms with E-state index in [-0.39, 0.29) is 5.97 Å². The zero-order valence-corrected chi connectivity index (χ0v) is 10.7. The Morgan fingerprint density at radius 2 is 2.07 bits per heavy atom. The molecule has 0 spiro atoms. The summed E-state index contributed by atoms with van der Waals surface area (Å²) in [5.74, 6) is -0.165. The number of rotatable bonds is 4. The summed E-state index contributed by atoms with van der Waals surface area (Å²) in [6.45, 7) is 2.13. The molecule has 0 amide bonds. The molecule has 0 aliphatic rings. The fraction of sp³-hybridized carbons (Fsp3) is 0.250. The van der Waals surface area contributed by atoms with Crippen molar-refractivity contribution in [3.8, 4) is 0 Å². The first-order valence-electron chi connectivity index (χ1n) is 4.80. The van der Waals surface area contributed by atoms with E-state index < -0.39 is 0 Å². The van der Waals surface area contributed by atoms with Crippen molar-refractivity contribution in [1.29, 1.82) is 0 Å². The van der Waals surface area contributed by atoms with Gasteiger partial charge in [-0.15, -0.1) is 0 Å². The number of esters is 1. The molecule has 0 atom stereocenters. The van der Waals surface area contributed by atoms with Gasteiger partial charge in [-0.25, -0.2) is 0 Å². The van der Waals surface area contributed by atoms with Crippen LogP contribution in [0.25, 0.3) is 6.08 Å². The molecule has 0 aliphatic carbocycles. The highest BCUT2D eigenvalue weighted by atomic mass is 127. The van der Waals surface area contributed by atoms with Gasteiger partial charge in [-0.1, -0.05) is 25.1 Å². The molecule has 0 N–H and O–H groups in total. The molecule has 0 radical (unpaired) electrons. The van der Waals surface area contributed by atoms with E-state index in [1.807, 2.05) is 36.4 Å². The summed E-state index contributed by atoms with van der Waals surface area (Å²) in [5.41, 5.74) is 1.11. The van der Waals surface area contributed by atoms with E-state index in [0.717, 1.165) is 5.56 Å². The first kappa shape index (κ1) is 12.2. The lowest BCUT2D eigenvalue weighted by molar-refractivity contribution is -0.141. The first-order chi connectivity index (χ1) is 7.22. The molecule has 1 rings (SSSR count). The number of ether oxygens (including phenoxy) is 1. The average molecular weight is 316 g/mol. The number of benzene rings is 1. The van der Waals surface area contributed by atoms with Gasteiger partial charge in [0.1, 0.15) is 6.61 Å². The van der Waals surface area contributed by atoms with Crippen LogP contribution in [0.1, 0.15) is 18.9 Å². The number of hydrogen-bond donors (Lipinski definition) is 0. The molecule has 0 bridgehead atoms. The third kappa shape index (κ3) is 4.97. The third-order valence-corrected chi connectivity index (χ3v) is 2.53. The van der Waals surface area contributed by atoms with Gasteiger partial charge in [-0.05, 0) is 46.4 Å². The van der Waals surface area contributed by atoms with Gasteiger partial charge in [0.15, 0.2) is 0 Å². The summed E-state index contributed by atoms with van der Waals surface area (Å²) in [4.78, 5) is 10.8. The van der Waals surface area contributed by atoms with Crippen LogP contribution in [0.4, 0.5) is 0 Å². The van der Waals surface area contributed by atoms with E-state index in [2.05, 4.69) is 22.6 Å².